The lowest BCUT2D eigenvalue weighted by Crippen LogP contribution is -2.37. The predicted octanol–water partition coefficient (Wildman–Crippen LogP) is 5.24. The van der Waals surface area contributed by atoms with Crippen molar-refractivity contribution < 1.29 is 28.2 Å². The Morgan fingerprint density at radius 2 is 1.82 bits per heavy atom. The Morgan fingerprint density at radius 1 is 1.11 bits per heavy atom. The van der Waals surface area contributed by atoms with E-state index < -0.39 is 14.0 Å². The highest BCUT2D eigenvalue weighted by Gasteiger charge is 2.40. The number of hydrogen-bond acceptors (Lipinski definition) is 10. The van der Waals surface area contributed by atoms with Gasteiger partial charge in [-0.2, -0.15) is 9.97 Å². The van der Waals surface area contributed by atoms with Crippen molar-refractivity contribution in [2.45, 2.75) is 52.2 Å². The monoisotopic (exact) mass is 623 g/mol. The molecule has 2 aromatic heterocycles. The minimum atomic E-state index is -1.49. The Kier molecular flexibility index (Phi) is 9.81. The van der Waals surface area contributed by atoms with Gasteiger partial charge in [0.25, 0.3) is 11.9 Å². The van der Waals surface area contributed by atoms with E-state index in [0.717, 1.165) is 50.6 Å². The molecule has 44 heavy (non-hydrogen) atoms. The van der Waals surface area contributed by atoms with Crippen LogP contribution in [0.15, 0.2) is 28.7 Å². The Bertz CT molecular complexity index is 1440. The number of hydrogen-bond donors (Lipinski definition) is 2. The zero-order valence-electron chi connectivity index (χ0n) is 26.9. The average molecular weight is 624 g/mol. The van der Waals surface area contributed by atoms with Gasteiger partial charge in [-0.15, -0.1) is 0 Å². The molecule has 1 amide bonds. The normalized spacial score (nSPS) is 17.8. The van der Waals surface area contributed by atoms with E-state index in [4.69, 9.17) is 23.4 Å². The van der Waals surface area contributed by atoms with Crippen LogP contribution in [0.4, 0.5) is 11.6 Å². The highest BCUT2D eigenvalue weighted by molar-refractivity contribution is 6.91. The number of rotatable bonds is 12. The number of anilines is 2. The summed E-state index contributed by atoms with van der Waals surface area (Å²) in [4.78, 5) is 24.5. The average Bonchev–Trinajstić information content (AvgIpc) is 3.58. The molecule has 238 valence electrons. The van der Waals surface area contributed by atoms with E-state index in [9.17, 15) is 4.79 Å². The number of nitrogens with one attached hydrogen (secondary N) is 2. The van der Waals surface area contributed by atoms with Crippen LogP contribution in [0, 0.1) is 12.8 Å². The lowest BCUT2D eigenvalue weighted by Gasteiger charge is -2.26. The topological polar surface area (TPSA) is 120 Å². The number of carbonyl (C=O) groups excluding carboxylic acids is 1. The maximum absolute atomic E-state index is 13.2. The second kappa shape index (κ2) is 13.6. The number of fused-ring (bicyclic) bond motifs is 1. The van der Waals surface area contributed by atoms with Crippen LogP contribution in [0.3, 0.4) is 0 Å². The van der Waals surface area contributed by atoms with Crippen LogP contribution in [-0.2, 0) is 4.74 Å². The largest absolute Gasteiger partial charge is 0.479 e. The molecule has 0 aliphatic carbocycles. The minimum absolute atomic E-state index is 0.0711. The fraction of sp³-hybridized carbons (Fsp3) is 0.531. The van der Waals surface area contributed by atoms with Crippen molar-refractivity contribution in [2.75, 3.05) is 64.2 Å². The van der Waals surface area contributed by atoms with Gasteiger partial charge < -0.3 is 34.0 Å². The van der Waals surface area contributed by atoms with E-state index >= 15 is 0 Å². The van der Waals surface area contributed by atoms with Crippen LogP contribution in [0.25, 0.3) is 0 Å². The maximum atomic E-state index is 13.2. The zero-order chi connectivity index (χ0) is 31.4. The smallest absolute Gasteiger partial charge is 0.291 e. The first-order chi connectivity index (χ1) is 21.1. The number of aromatic nitrogens is 2. The molecule has 11 nitrogen and oxygen atoms in total. The first-order valence-corrected chi connectivity index (χ1v) is 18.6. The van der Waals surface area contributed by atoms with Crippen LogP contribution < -0.4 is 30.0 Å². The van der Waals surface area contributed by atoms with Crippen molar-refractivity contribution in [3.8, 4) is 23.5 Å². The van der Waals surface area contributed by atoms with Crippen LogP contribution in [0.5, 0.6) is 23.5 Å². The summed E-state index contributed by atoms with van der Waals surface area (Å²) >= 11 is 0. The van der Waals surface area contributed by atoms with Gasteiger partial charge in [0.1, 0.15) is 5.75 Å². The highest BCUT2D eigenvalue weighted by Crippen LogP contribution is 2.42. The second-order valence-corrected chi connectivity index (χ2v) is 17.2. The molecule has 1 unspecified atom stereocenters. The van der Waals surface area contributed by atoms with Gasteiger partial charge in [-0.05, 0) is 61.0 Å². The number of nitrogens with zero attached hydrogens (tertiary/aromatic N) is 3. The summed E-state index contributed by atoms with van der Waals surface area (Å²) in [5, 5.41) is 7.51. The van der Waals surface area contributed by atoms with E-state index in [2.05, 4.69) is 71.5 Å². The quantitative estimate of drug-likeness (QED) is 0.205. The van der Waals surface area contributed by atoms with E-state index in [0.29, 0.717) is 24.3 Å². The van der Waals surface area contributed by atoms with Crippen molar-refractivity contribution in [3.63, 3.8) is 0 Å². The number of benzene rings is 1. The number of morpholine rings is 1. The van der Waals surface area contributed by atoms with Gasteiger partial charge in [0.05, 0.1) is 35.5 Å². The standard InChI is InChI=1S/C32H45N5O6Si/c1-20(2)23-19-44(6,7)26-17-21(3)25(18-22(23)26)43-27-10-9-24(42-27)29(38)34-28-30(39-4)35-32(36-31(28)40-5)33-11-8-12-37-13-15-41-16-14-37/h9-10,17-18,20,23H,8,11-16,19H2,1-7H3,(H,34,38)(H,33,35,36). The molecule has 1 saturated heterocycles. The van der Waals surface area contributed by atoms with E-state index in [-0.39, 0.29) is 29.2 Å². The summed E-state index contributed by atoms with van der Waals surface area (Å²) in [6.45, 7) is 16.6. The fourth-order valence-corrected chi connectivity index (χ4v) is 9.74. The number of aryl methyl sites for hydroxylation is 1. The first kappa shape index (κ1) is 31.8. The minimum Gasteiger partial charge on any atom is -0.479 e. The molecule has 0 bridgehead atoms. The highest BCUT2D eigenvalue weighted by atomic mass is 28.3. The molecular weight excluding hydrogens is 578 g/mol. The molecular formula is C32H45N5O6Si. The third-order valence-electron chi connectivity index (χ3n) is 8.53. The zero-order valence-corrected chi connectivity index (χ0v) is 27.9. The van der Waals surface area contributed by atoms with Crippen LogP contribution in [-0.4, -0.2) is 82.5 Å². The van der Waals surface area contributed by atoms with E-state index in [1.807, 2.05) is 0 Å². The molecule has 0 spiro atoms. The van der Waals surface area contributed by atoms with Crippen molar-refractivity contribution in [1.82, 2.24) is 14.9 Å². The molecule has 5 rings (SSSR count). The number of methoxy groups -OCH3 is 2. The Morgan fingerprint density at radius 3 is 2.48 bits per heavy atom. The summed E-state index contributed by atoms with van der Waals surface area (Å²) in [7, 11) is 1.47. The summed E-state index contributed by atoms with van der Waals surface area (Å²) in [5.41, 5.74) is 2.65. The summed E-state index contributed by atoms with van der Waals surface area (Å²) < 4.78 is 28.4. The summed E-state index contributed by atoms with van der Waals surface area (Å²) in [6.07, 6.45) is 0.915. The molecule has 2 aliphatic rings. The van der Waals surface area contributed by atoms with Crippen molar-refractivity contribution in [2.24, 2.45) is 5.92 Å². The Labute approximate surface area is 260 Å². The number of furan rings is 1. The van der Waals surface area contributed by atoms with Crippen LogP contribution in [0.2, 0.25) is 19.1 Å². The van der Waals surface area contributed by atoms with Gasteiger partial charge in [-0.1, -0.05) is 38.2 Å². The van der Waals surface area contributed by atoms with Crippen molar-refractivity contribution in [1.29, 1.82) is 0 Å². The fourth-order valence-electron chi connectivity index (χ4n) is 6.08. The molecule has 1 atom stereocenters. The molecule has 12 heteroatoms. The summed E-state index contributed by atoms with van der Waals surface area (Å²) in [5.74, 6) is 2.31. The molecule has 1 aromatic carbocycles. The third-order valence-corrected chi connectivity index (χ3v) is 11.9. The van der Waals surface area contributed by atoms with Gasteiger partial charge in [-0.25, -0.2) is 0 Å². The second-order valence-electron chi connectivity index (χ2n) is 12.5. The molecule has 1 fully saturated rings. The van der Waals surface area contributed by atoms with Gasteiger partial charge in [0.2, 0.25) is 17.7 Å². The number of amides is 1. The van der Waals surface area contributed by atoms with E-state index in [1.54, 1.807) is 12.1 Å². The van der Waals surface area contributed by atoms with Gasteiger partial charge in [0, 0.05) is 25.7 Å². The van der Waals surface area contributed by atoms with Crippen molar-refractivity contribution >= 4 is 30.8 Å². The third kappa shape index (κ3) is 7.03. The van der Waals surface area contributed by atoms with Gasteiger partial charge >= 0.3 is 0 Å². The Hall–Kier alpha value is -3.61. The van der Waals surface area contributed by atoms with Gasteiger partial charge in [-0.3, -0.25) is 9.69 Å². The predicted molar refractivity (Wildman–Crippen MR) is 173 cm³/mol. The summed E-state index contributed by atoms with van der Waals surface area (Å²) in [6, 6.07) is 8.93. The molecule has 2 aliphatic heterocycles. The lowest BCUT2D eigenvalue weighted by atomic mass is 9.90. The lowest BCUT2D eigenvalue weighted by molar-refractivity contribution is 0.0378. The number of carbonyl (C=O) groups is 1. The van der Waals surface area contributed by atoms with Crippen molar-refractivity contribution in [3.05, 3.63) is 41.2 Å². The molecule has 3 aromatic rings. The van der Waals surface area contributed by atoms with Crippen LogP contribution >= 0.6 is 0 Å². The van der Waals surface area contributed by atoms with Gasteiger partial charge in [0.15, 0.2) is 11.4 Å². The first-order valence-electron chi connectivity index (χ1n) is 15.4. The molecule has 0 saturated carbocycles. The SMILES string of the molecule is COc1nc(NCCCN2CCOCC2)nc(OC)c1NC(=O)c1ccc(Oc2cc3c(cc2C)[Si](C)(C)CC3C(C)C)o1. The van der Waals surface area contributed by atoms with E-state index in [1.165, 1.54) is 31.0 Å². The maximum Gasteiger partial charge on any atom is 0.291 e. The molecule has 2 N–H and O–H groups in total. The molecule has 0 radical (unpaired) electrons. The molecule has 4 heterocycles. The number of ether oxygens (including phenoxy) is 4. The Balaban J connectivity index is 1.25. The van der Waals surface area contributed by atoms with Crippen LogP contribution in [0.1, 0.15) is 47.9 Å².